The Balaban J connectivity index is 2.12. The summed E-state index contributed by atoms with van der Waals surface area (Å²) in [5.41, 5.74) is 6.60. The van der Waals surface area contributed by atoms with Crippen molar-refractivity contribution in [3.63, 3.8) is 0 Å². The van der Waals surface area contributed by atoms with Crippen LogP contribution in [0.1, 0.15) is 30.9 Å². The number of aromatic nitrogens is 1. The van der Waals surface area contributed by atoms with Crippen molar-refractivity contribution in [2.24, 2.45) is 0 Å². The Hall–Kier alpha value is -2.15. The topological polar surface area (TPSA) is 3.88 Å². The first kappa shape index (κ1) is 13.8. The van der Waals surface area contributed by atoms with E-state index >= 15 is 0 Å². The molecule has 0 radical (unpaired) electrons. The molecule has 106 valence electrons. The van der Waals surface area contributed by atoms with Crippen molar-refractivity contribution in [1.29, 1.82) is 0 Å². The molecule has 1 aliphatic rings. The van der Waals surface area contributed by atoms with Crippen LogP contribution in [0.25, 0.3) is 16.8 Å². The summed E-state index contributed by atoms with van der Waals surface area (Å²) in [6, 6.07) is 13.2. The molecule has 0 aliphatic heterocycles. The molecule has 1 aliphatic carbocycles. The molecular formula is C20H22N+. The summed E-state index contributed by atoms with van der Waals surface area (Å²) in [7, 11) is 0. The first-order valence-electron chi connectivity index (χ1n) is 7.76. The number of hydrogen-bond acceptors (Lipinski definition) is 0. The minimum atomic E-state index is 0.985. The highest BCUT2D eigenvalue weighted by Gasteiger charge is 2.15. The maximum Gasteiger partial charge on any atom is 0.213 e. The number of hydrogen-bond donors (Lipinski definition) is 0. The molecule has 0 atom stereocenters. The van der Waals surface area contributed by atoms with Gasteiger partial charge in [-0.15, -0.1) is 0 Å². The van der Waals surface area contributed by atoms with Crippen molar-refractivity contribution < 1.29 is 4.57 Å². The monoisotopic (exact) mass is 276 g/mol. The van der Waals surface area contributed by atoms with Gasteiger partial charge in [0.05, 0.1) is 0 Å². The van der Waals surface area contributed by atoms with E-state index in [9.17, 15) is 0 Å². The Labute approximate surface area is 127 Å². The van der Waals surface area contributed by atoms with Crippen LogP contribution in [-0.4, -0.2) is 0 Å². The number of allylic oxidation sites excluding steroid dienone is 4. The lowest BCUT2D eigenvalue weighted by Gasteiger charge is -2.10. The zero-order valence-electron chi connectivity index (χ0n) is 12.8. The van der Waals surface area contributed by atoms with Gasteiger partial charge < -0.3 is 0 Å². The Morgan fingerprint density at radius 2 is 1.95 bits per heavy atom. The third-order valence-electron chi connectivity index (χ3n) is 4.13. The fourth-order valence-electron chi connectivity index (χ4n) is 2.90. The molecular weight excluding hydrogens is 254 g/mol. The number of aryl methyl sites for hydroxylation is 2. The third kappa shape index (κ3) is 2.82. The minimum absolute atomic E-state index is 0.985. The van der Waals surface area contributed by atoms with E-state index in [2.05, 4.69) is 79.2 Å². The van der Waals surface area contributed by atoms with Crippen LogP contribution in [0.5, 0.6) is 0 Å². The largest absolute Gasteiger partial charge is 0.213 e. The van der Waals surface area contributed by atoms with Crippen LogP contribution >= 0.6 is 0 Å². The second-order valence-electron chi connectivity index (χ2n) is 5.54. The zero-order chi connectivity index (χ0) is 14.7. The van der Waals surface area contributed by atoms with Gasteiger partial charge in [0, 0.05) is 17.7 Å². The molecule has 0 bridgehead atoms. The van der Waals surface area contributed by atoms with Gasteiger partial charge in [0.2, 0.25) is 5.69 Å². The van der Waals surface area contributed by atoms with Gasteiger partial charge in [-0.2, -0.15) is 4.57 Å². The van der Waals surface area contributed by atoms with Crippen LogP contribution in [0.2, 0.25) is 0 Å². The van der Waals surface area contributed by atoms with Gasteiger partial charge in [-0.25, -0.2) is 0 Å². The van der Waals surface area contributed by atoms with Gasteiger partial charge >= 0.3 is 0 Å². The average molecular weight is 276 g/mol. The maximum atomic E-state index is 2.34. The second-order valence-corrected chi connectivity index (χ2v) is 5.54. The fraction of sp³-hybridized carbons (Fsp3) is 0.250. The molecule has 0 amide bonds. The van der Waals surface area contributed by atoms with Crippen molar-refractivity contribution in [2.75, 3.05) is 0 Å². The molecule has 1 heteroatoms. The van der Waals surface area contributed by atoms with E-state index in [0.717, 1.165) is 19.4 Å². The van der Waals surface area contributed by atoms with Gasteiger partial charge in [0.25, 0.3) is 0 Å². The Bertz CT molecular complexity index is 708. The molecule has 0 spiro atoms. The van der Waals surface area contributed by atoms with Gasteiger partial charge in [0.1, 0.15) is 6.54 Å². The van der Waals surface area contributed by atoms with Crippen LogP contribution in [0.4, 0.5) is 0 Å². The van der Waals surface area contributed by atoms with Crippen molar-refractivity contribution in [3.8, 4) is 11.3 Å². The van der Waals surface area contributed by atoms with E-state index < -0.39 is 0 Å². The molecule has 0 fully saturated rings. The first-order valence-corrected chi connectivity index (χ1v) is 7.76. The minimum Gasteiger partial charge on any atom is -0.199 e. The predicted octanol–water partition coefficient (Wildman–Crippen LogP) is 4.70. The van der Waals surface area contributed by atoms with E-state index in [1.165, 1.54) is 28.0 Å². The SMILES string of the molecule is CC[n+]1ccc(C2=CCCC=C2)cc1-c1ccccc1C. The van der Waals surface area contributed by atoms with Crippen molar-refractivity contribution in [3.05, 3.63) is 72.0 Å². The summed E-state index contributed by atoms with van der Waals surface area (Å²) in [4.78, 5) is 0. The summed E-state index contributed by atoms with van der Waals surface area (Å²) < 4.78 is 2.32. The highest BCUT2D eigenvalue weighted by molar-refractivity contribution is 5.76. The summed E-state index contributed by atoms with van der Waals surface area (Å²) in [6.07, 6.45) is 11.4. The van der Waals surface area contributed by atoms with E-state index in [1.807, 2.05) is 0 Å². The van der Waals surface area contributed by atoms with Crippen LogP contribution < -0.4 is 4.57 Å². The maximum absolute atomic E-state index is 2.34. The molecule has 1 heterocycles. The zero-order valence-corrected chi connectivity index (χ0v) is 12.8. The molecule has 1 nitrogen and oxygen atoms in total. The Morgan fingerprint density at radius 1 is 1.10 bits per heavy atom. The molecule has 0 unspecified atom stereocenters. The molecule has 0 N–H and O–H groups in total. The first-order chi connectivity index (χ1) is 10.3. The molecule has 2 aromatic rings. The highest BCUT2D eigenvalue weighted by Crippen LogP contribution is 2.26. The fourth-order valence-corrected chi connectivity index (χ4v) is 2.90. The lowest BCUT2D eigenvalue weighted by molar-refractivity contribution is -0.682. The van der Waals surface area contributed by atoms with Crippen LogP contribution in [0.3, 0.4) is 0 Å². The Morgan fingerprint density at radius 3 is 2.67 bits per heavy atom. The quantitative estimate of drug-likeness (QED) is 0.715. The van der Waals surface area contributed by atoms with Crippen molar-refractivity contribution >= 4 is 5.57 Å². The standard InChI is InChI=1S/C20H22N/c1-3-21-14-13-18(17-10-5-4-6-11-17)15-20(21)19-12-8-7-9-16(19)2/h5,7-15H,3-4,6H2,1-2H3/q+1. The lowest BCUT2D eigenvalue weighted by atomic mass is 9.97. The lowest BCUT2D eigenvalue weighted by Crippen LogP contribution is -2.34. The van der Waals surface area contributed by atoms with Gasteiger partial charge in [-0.1, -0.05) is 36.4 Å². The van der Waals surface area contributed by atoms with Gasteiger partial charge in [-0.05, 0) is 49.5 Å². The number of rotatable bonds is 3. The van der Waals surface area contributed by atoms with E-state index in [1.54, 1.807) is 0 Å². The summed E-state index contributed by atoms with van der Waals surface area (Å²) in [6.45, 7) is 5.36. The van der Waals surface area contributed by atoms with E-state index in [4.69, 9.17) is 0 Å². The number of benzene rings is 1. The second kappa shape index (κ2) is 6.09. The molecule has 0 saturated carbocycles. The molecule has 21 heavy (non-hydrogen) atoms. The van der Waals surface area contributed by atoms with Crippen LogP contribution in [-0.2, 0) is 6.54 Å². The third-order valence-corrected chi connectivity index (χ3v) is 4.13. The normalized spacial score (nSPS) is 14.1. The molecule has 1 aromatic carbocycles. The van der Waals surface area contributed by atoms with Crippen LogP contribution in [0.15, 0.2) is 60.8 Å². The molecule has 1 aromatic heterocycles. The van der Waals surface area contributed by atoms with Crippen molar-refractivity contribution in [2.45, 2.75) is 33.2 Å². The van der Waals surface area contributed by atoms with Crippen molar-refractivity contribution in [1.82, 2.24) is 0 Å². The van der Waals surface area contributed by atoms with Gasteiger partial charge in [-0.3, -0.25) is 0 Å². The molecule has 0 saturated heterocycles. The molecule has 3 rings (SSSR count). The predicted molar refractivity (Wildman–Crippen MR) is 88.8 cm³/mol. The summed E-state index contributed by atoms with van der Waals surface area (Å²) in [5, 5.41) is 0. The number of nitrogens with zero attached hydrogens (tertiary/aromatic N) is 1. The number of pyridine rings is 1. The Kier molecular flexibility index (Phi) is 4.01. The van der Waals surface area contributed by atoms with Gasteiger partial charge in [0.15, 0.2) is 6.20 Å². The van der Waals surface area contributed by atoms with Crippen LogP contribution in [0, 0.1) is 6.92 Å². The van der Waals surface area contributed by atoms with E-state index in [-0.39, 0.29) is 0 Å². The average Bonchev–Trinajstić information content (AvgIpc) is 2.55. The highest BCUT2D eigenvalue weighted by atomic mass is 14.9. The smallest absolute Gasteiger partial charge is 0.199 e. The summed E-state index contributed by atoms with van der Waals surface area (Å²) >= 11 is 0. The summed E-state index contributed by atoms with van der Waals surface area (Å²) in [5.74, 6) is 0. The van der Waals surface area contributed by atoms with E-state index in [0.29, 0.717) is 0 Å².